The molecule has 0 aromatic heterocycles. The van der Waals surface area contributed by atoms with Gasteiger partial charge in [-0.1, -0.05) is 0 Å². The van der Waals surface area contributed by atoms with E-state index in [9.17, 15) is 5.11 Å². The van der Waals surface area contributed by atoms with Crippen molar-refractivity contribution in [3.63, 3.8) is 0 Å². The van der Waals surface area contributed by atoms with Crippen molar-refractivity contribution in [3.05, 3.63) is 0 Å². The van der Waals surface area contributed by atoms with Gasteiger partial charge in [-0.3, -0.25) is 0 Å². The molecule has 90 valence electrons. The Kier molecular flexibility index (Phi) is 5.58. The molecular weight excluding hydrogens is 188 g/mol. The lowest BCUT2D eigenvalue weighted by Crippen LogP contribution is -2.45. The Morgan fingerprint density at radius 3 is 2.87 bits per heavy atom. The molecule has 2 atom stereocenters. The van der Waals surface area contributed by atoms with Crippen molar-refractivity contribution >= 4 is 0 Å². The van der Waals surface area contributed by atoms with Crippen LogP contribution in [-0.4, -0.2) is 60.8 Å². The molecule has 0 radical (unpaired) electrons. The summed E-state index contributed by atoms with van der Waals surface area (Å²) in [5, 5.41) is 9.19. The Hall–Kier alpha value is -0.120. The van der Waals surface area contributed by atoms with E-state index in [1.54, 1.807) is 0 Å². The first-order valence-electron chi connectivity index (χ1n) is 6.16. The van der Waals surface area contributed by atoms with Crippen molar-refractivity contribution in [2.24, 2.45) is 0 Å². The van der Waals surface area contributed by atoms with Gasteiger partial charge in [-0.2, -0.15) is 0 Å². The number of piperidine rings is 1. The van der Waals surface area contributed by atoms with Gasteiger partial charge >= 0.3 is 0 Å². The van der Waals surface area contributed by atoms with Gasteiger partial charge < -0.3 is 14.9 Å². The highest BCUT2D eigenvalue weighted by Gasteiger charge is 2.20. The van der Waals surface area contributed by atoms with Gasteiger partial charge in [0.05, 0.1) is 6.10 Å². The Bertz CT molecular complexity index is 173. The molecular formula is C12H26N2O. The maximum Gasteiger partial charge on any atom is 0.0512 e. The molecule has 1 aliphatic rings. The third-order valence-corrected chi connectivity index (χ3v) is 3.36. The minimum absolute atomic E-state index is 0.146. The fraction of sp³-hybridized carbons (Fsp3) is 1.00. The number of likely N-dealkylation sites (N-methyl/N-ethyl adjacent to an activating group) is 2. The van der Waals surface area contributed by atoms with Crippen molar-refractivity contribution in [1.82, 2.24) is 9.80 Å². The molecule has 3 nitrogen and oxygen atoms in total. The summed E-state index contributed by atoms with van der Waals surface area (Å²) >= 11 is 0. The molecule has 0 aromatic rings. The molecule has 1 heterocycles. The van der Waals surface area contributed by atoms with Crippen molar-refractivity contribution in [1.29, 1.82) is 0 Å². The summed E-state index contributed by atoms with van der Waals surface area (Å²) in [6.45, 7) is 5.43. The number of hydrogen-bond donors (Lipinski definition) is 1. The zero-order valence-electron chi connectivity index (χ0n) is 10.4. The first kappa shape index (κ1) is 12.9. The molecule has 0 amide bonds. The molecule has 1 N–H and O–H groups in total. The third kappa shape index (κ3) is 4.96. The van der Waals surface area contributed by atoms with Crippen LogP contribution in [0.5, 0.6) is 0 Å². The molecule has 2 unspecified atom stereocenters. The molecule has 0 saturated carbocycles. The number of aliphatic hydroxyl groups is 1. The predicted octanol–water partition coefficient (Wildman–Crippen LogP) is 1.17. The quantitative estimate of drug-likeness (QED) is 0.744. The van der Waals surface area contributed by atoms with Crippen LogP contribution >= 0.6 is 0 Å². The summed E-state index contributed by atoms with van der Waals surface area (Å²) in [6.07, 6.45) is 4.53. The van der Waals surface area contributed by atoms with Gasteiger partial charge in [0.1, 0.15) is 0 Å². The molecule has 1 aliphatic heterocycles. The Morgan fingerprint density at radius 2 is 2.27 bits per heavy atom. The van der Waals surface area contributed by atoms with Crippen LogP contribution in [0, 0.1) is 0 Å². The van der Waals surface area contributed by atoms with Gasteiger partial charge in [-0.25, -0.2) is 0 Å². The number of nitrogens with zero attached hydrogens (tertiary/aromatic N) is 2. The number of hydrogen-bond acceptors (Lipinski definition) is 3. The third-order valence-electron chi connectivity index (χ3n) is 3.36. The van der Waals surface area contributed by atoms with Gasteiger partial charge in [0.25, 0.3) is 0 Å². The van der Waals surface area contributed by atoms with Gasteiger partial charge in [0.2, 0.25) is 0 Å². The standard InChI is InChI=1S/C12H26N2O/c1-11(15)6-4-9-14(3)12-7-5-8-13(2)10-12/h11-12,15H,4-10H2,1-3H3. The lowest BCUT2D eigenvalue weighted by Gasteiger charge is -2.36. The van der Waals surface area contributed by atoms with Crippen molar-refractivity contribution < 1.29 is 5.11 Å². The minimum Gasteiger partial charge on any atom is -0.393 e. The van der Waals surface area contributed by atoms with Crippen LogP contribution < -0.4 is 0 Å². The predicted molar refractivity (Wildman–Crippen MR) is 64.1 cm³/mol. The fourth-order valence-electron chi connectivity index (χ4n) is 2.32. The Labute approximate surface area is 94.1 Å². The lowest BCUT2D eigenvalue weighted by atomic mass is 10.0. The second-order valence-corrected chi connectivity index (χ2v) is 5.03. The van der Waals surface area contributed by atoms with Crippen molar-refractivity contribution in [2.75, 3.05) is 33.7 Å². The summed E-state index contributed by atoms with van der Waals surface area (Å²) in [4.78, 5) is 4.87. The maximum absolute atomic E-state index is 9.19. The van der Waals surface area contributed by atoms with Crippen LogP contribution in [0.25, 0.3) is 0 Å². The lowest BCUT2D eigenvalue weighted by molar-refractivity contribution is 0.124. The molecule has 0 spiro atoms. The van der Waals surface area contributed by atoms with E-state index in [4.69, 9.17) is 0 Å². The van der Waals surface area contributed by atoms with Crippen LogP contribution in [0.1, 0.15) is 32.6 Å². The summed E-state index contributed by atoms with van der Waals surface area (Å²) in [5.74, 6) is 0. The average molecular weight is 214 g/mol. The van der Waals surface area contributed by atoms with E-state index in [-0.39, 0.29) is 6.10 Å². The van der Waals surface area contributed by atoms with Gasteiger partial charge in [0.15, 0.2) is 0 Å². The molecule has 1 rings (SSSR count). The largest absolute Gasteiger partial charge is 0.393 e. The summed E-state index contributed by atoms with van der Waals surface area (Å²) < 4.78 is 0. The summed E-state index contributed by atoms with van der Waals surface area (Å²) in [7, 11) is 4.42. The number of aliphatic hydroxyl groups excluding tert-OH is 1. The average Bonchev–Trinajstić information content (AvgIpc) is 2.17. The first-order valence-corrected chi connectivity index (χ1v) is 6.16. The van der Waals surface area contributed by atoms with Crippen molar-refractivity contribution in [3.8, 4) is 0 Å². The zero-order valence-corrected chi connectivity index (χ0v) is 10.4. The monoisotopic (exact) mass is 214 g/mol. The molecule has 0 aromatic carbocycles. The Morgan fingerprint density at radius 1 is 1.53 bits per heavy atom. The SMILES string of the molecule is CC(O)CCCN(C)C1CCCN(C)C1. The van der Waals surface area contributed by atoms with E-state index in [0.29, 0.717) is 0 Å². The summed E-state index contributed by atoms with van der Waals surface area (Å²) in [5.41, 5.74) is 0. The summed E-state index contributed by atoms with van der Waals surface area (Å²) in [6, 6.07) is 0.720. The van der Waals surface area contributed by atoms with Crippen molar-refractivity contribution in [2.45, 2.75) is 44.8 Å². The molecule has 3 heteroatoms. The van der Waals surface area contributed by atoms with Gasteiger partial charge in [-0.15, -0.1) is 0 Å². The fourth-order valence-corrected chi connectivity index (χ4v) is 2.32. The Balaban J connectivity index is 2.17. The second-order valence-electron chi connectivity index (χ2n) is 5.03. The highest BCUT2D eigenvalue weighted by molar-refractivity contribution is 4.77. The van der Waals surface area contributed by atoms with Crippen LogP contribution in [-0.2, 0) is 0 Å². The van der Waals surface area contributed by atoms with Gasteiger partial charge in [0, 0.05) is 12.6 Å². The minimum atomic E-state index is -0.146. The van der Waals surface area contributed by atoms with E-state index in [1.807, 2.05) is 6.92 Å². The van der Waals surface area contributed by atoms with E-state index in [0.717, 1.165) is 25.4 Å². The first-order chi connectivity index (χ1) is 7.09. The van der Waals surface area contributed by atoms with Crippen LogP contribution in [0.15, 0.2) is 0 Å². The maximum atomic E-state index is 9.19. The zero-order chi connectivity index (χ0) is 11.3. The molecule has 1 fully saturated rings. The second kappa shape index (κ2) is 6.46. The van der Waals surface area contributed by atoms with E-state index < -0.39 is 0 Å². The highest BCUT2D eigenvalue weighted by Crippen LogP contribution is 2.13. The van der Waals surface area contributed by atoms with Crippen LogP contribution in [0.3, 0.4) is 0 Å². The van der Waals surface area contributed by atoms with Crippen LogP contribution in [0.4, 0.5) is 0 Å². The molecule has 0 aliphatic carbocycles. The molecule has 1 saturated heterocycles. The topological polar surface area (TPSA) is 26.7 Å². The number of rotatable bonds is 5. The van der Waals surface area contributed by atoms with E-state index >= 15 is 0 Å². The normalized spacial score (nSPS) is 25.8. The van der Waals surface area contributed by atoms with Gasteiger partial charge in [-0.05, 0) is 59.8 Å². The molecule has 15 heavy (non-hydrogen) atoms. The molecule has 0 bridgehead atoms. The van der Waals surface area contributed by atoms with E-state index in [2.05, 4.69) is 23.9 Å². The smallest absolute Gasteiger partial charge is 0.0512 e. The van der Waals surface area contributed by atoms with Crippen LogP contribution in [0.2, 0.25) is 0 Å². The van der Waals surface area contributed by atoms with E-state index in [1.165, 1.54) is 25.9 Å². The highest BCUT2D eigenvalue weighted by atomic mass is 16.3. The number of likely N-dealkylation sites (tertiary alicyclic amines) is 1.